The molecule has 17 heavy (non-hydrogen) atoms. The highest BCUT2D eigenvalue weighted by atomic mass is 16.6. The summed E-state index contributed by atoms with van der Waals surface area (Å²) in [5.74, 6) is 0.260. The van der Waals surface area contributed by atoms with Gasteiger partial charge < -0.3 is 14.7 Å². The number of ether oxygens (including phenoxy) is 1. The lowest BCUT2D eigenvalue weighted by atomic mass is 9.98. The van der Waals surface area contributed by atoms with E-state index in [0.717, 1.165) is 32.2 Å². The lowest BCUT2D eigenvalue weighted by Gasteiger charge is -2.38. The Morgan fingerprint density at radius 3 is 2.71 bits per heavy atom. The van der Waals surface area contributed by atoms with Crippen LogP contribution in [0.5, 0.6) is 0 Å². The quantitative estimate of drug-likeness (QED) is 0.765. The zero-order valence-electron chi connectivity index (χ0n) is 11.0. The monoisotopic (exact) mass is 241 g/mol. The minimum Gasteiger partial charge on any atom is -0.444 e. The Hall–Kier alpha value is -0.770. The average molecular weight is 241 g/mol. The summed E-state index contributed by atoms with van der Waals surface area (Å²) in [6.45, 7) is 6.61. The second-order valence-electron chi connectivity index (χ2n) is 6.28. The van der Waals surface area contributed by atoms with Crippen molar-refractivity contribution in [2.75, 3.05) is 13.2 Å². The molecule has 1 aliphatic heterocycles. The number of rotatable bonds is 1. The molecule has 0 aromatic heterocycles. The fourth-order valence-corrected chi connectivity index (χ4v) is 2.89. The van der Waals surface area contributed by atoms with Crippen molar-refractivity contribution in [3.8, 4) is 0 Å². The third kappa shape index (κ3) is 2.41. The molecule has 1 N–H and O–H groups in total. The number of aliphatic hydroxyl groups excluding tert-OH is 1. The van der Waals surface area contributed by atoms with Gasteiger partial charge in [-0.1, -0.05) is 0 Å². The van der Waals surface area contributed by atoms with Crippen molar-refractivity contribution in [1.29, 1.82) is 0 Å². The number of hydrogen-bond acceptors (Lipinski definition) is 3. The van der Waals surface area contributed by atoms with Crippen molar-refractivity contribution in [1.82, 2.24) is 4.90 Å². The molecule has 1 saturated carbocycles. The first-order chi connectivity index (χ1) is 7.89. The van der Waals surface area contributed by atoms with Gasteiger partial charge >= 0.3 is 6.09 Å². The van der Waals surface area contributed by atoms with Crippen LogP contribution >= 0.6 is 0 Å². The molecule has 98 valence electrons. The molecule has 4 nitrogen and oxygen atoms in total. The molecule has 1 saturated heterocycles. The van der Waals surface area contributed by atoms with Gasteiger partial charge in [0.25, 0.3) is 0 Å². The number of carbonyl (C=O) groups is 1. The van der Waals surface area contributed by atoms with E-state index in [1.807, 2.05) is 25.7 Å². The maximum atomic E-state index is 12.2. The van der Waals surface area contributed by atoms with Crippen LogP contribution in [0.1, 0.15) is 46.5 Å². The second-order valence-corrected chi connectivity index (χ2v) is 6.28. The zero-order chi connectivity index (χ0) is 12.7. The van der Waals surface area contributed by atoms with Crippen LogP contribution in [0, 0.1) is 5.92 Å². The molecular formula is C13H23NO3. The van der Waals surface area contributed by atoms with E-state index < -0.39 is 5.60 Å². The Labute approximate surface area is 103 Å². The Morgan fingerprint density at radius 1 is 1.47 bits per heavy atom. The van der Waals surface area contributed by atoms with Crippen molar-refractivity contribution < 1.29 is 14.6 Å². The summed E-state index contributed by atoms with van der Waals surface area (Å²) < 4.78 is 5.45. The van der Waals surface area contributed by atoms with Crippen LogP contribution in [-0.4, -0.2) is 40.4 Å². The highest BCUT2D eigenvalue weighted by Gasteiger charge is 2.60. The first-order valence-electron chi connectivity index (χ1n) is 6.50. The highest BCUT2D eigenvalue weighted by Crippen LogP contribution is 2.53. The molecule has 1 amide bonds. The summed E-state index contributed by atoms with van der Waals surface area (Å²) in [7, 11) is 0. The summed E-state index contributed by atoms with van der Waals surface area (Å²) in [5.41, 5.74) is -0.533. The van der Waals surface area contributed by atoms with Gasteiger partial charge in [-0.05, 0) is 46.5 Å². The first-order valence-corrected chi connectivity index (χ1v) is 6.50. The number of hydrogen-bond donors (Lipinski definition) is 1. The molecule has 2 aliphatic rings. The van der Waals surface area contributed by atoms with Gasteiger partial charge in [0, 0.05) is 19.1 Å². The molecule has 1 heterocycles. The summed E-state index contributed by atoms with van der Waals surface area (Å²) in [5, 5.41) is 9.28. The first kappa shape index (κ1) is 12.7. The number of carbonyl (C=O) groups excluding carboxylic acids is 1. The lowest BCUT2D eigenvalue weighted by Crippen LogP contribution is -2.49. The predicted octanol–water partition coefficient (Wildman–Crippen LogP) is 2.16. The Kier molecular flexibility index (Phi) is 3.10. The minimum atomic E-state index is -0.445. The van der Waals surface area contributed by atoms with Crippen molar-refractivity contribution in [2.45, 2.75) is 57.6 Å². The highest BCUT2D eigenvalue weighted by molar-refractivity contribution is 5.70. The minimum absolute atomic E-state index is 0.0880. The van der Waals surface area contributed by atoms with Gasteiger partial charge in [-0.15, -0.1) is 0 Å². The van der Waals surface area contributed by atoms with E-state index in [4.69, 9.17) is 4.74 Å². The fourth-order valence-electron chi connectivity index (χ4n) is 2.89. The number of piperidine rings is 1. The SMILES string of the molecule is CC(C)(C)OC(=O)N1CCCCC12CC2CO. The molecule has 4 heteroatoms. The number of likely N-dealkylation sites (tertiary alicyclic amines) is 1. The van der Waals surface area contributed by atoms with Gasteiger partial charge in [0.2, 0.25) is 0 Å². The van der Waals surface area contributed by atoms with E-state index in [0.29, 0.717) is 0 Å². The number of amides is 1. The van der Waals surface area contributed by atoms with Gasteiger partial charge in [-0.3, -0.25) is 0 Å². The Bertz CT molecular complexity index is 310. The van der Waals surface area contributed by atoms with Gasteiger partial charge in [0.15, 0.2) is 0 Å². The predicted molar refractivity (Wildman–Crippen MR) is 64.7 cm³/mol. The Balaban J connectivity index is 2.05. The largest absolute Gasteiger partial charge is 0.444 e. The van der Waals surface area contributed by atoms with Crippen LogP contribution in [0.25, 0.3) is 0 Å². The third-order valence-electron chi connectivity index (χ3n) is 3.81. The van der Waals surface area contributed by atoms with Crippen LogP contribution in [0.15, 0.2) is 0 Å². The third-order valence-corrected chi connectivity index (χ3v) is 3.81. The van der Waals surface area contributed by atoms with E-state index in [1.165, 1.54) is 0 Å². The van der Waals surface area contributed by atoms with Gasteiger partial charge in [-0.2, -0.15) is 0 Å². The summed E-state index contributed by atoms with van der Waals surface area (Å²) in [6, 6.07) is 0. The molecule has 0 radical (unpaired) electrons. The van der Waals surface area contributed by atoms with Crippen molar-refractivity contribution in [3.63, 3.8) is 0 Å². The van der Waals surface area contributed by atoms with Gasteiger partial charge in [-0.25, -0.2) is 4.79 Å². The maximum Gasteiger partial charge on any atom is 0.410 e. The topological polar surface area (TPSA) is 49.8 Å². The molecule has 0 bridgehead atoms. The number of nitrogens with zero attached hydrogens (tertiary/aromatic N) is 1. The molecule has 1 spiro atoms. The number of aliphatic hydroxyl groups is 1. The van der Waals surface area contributed by atoms with Crippen molar-refractivity contribution in [3.05, 3.63) is 0 Å². The zero-order valence-corrected chi connectivity index (χ0v) is 11.0. The van der Waals surface area contributed by atoms with Gasteiger partial charge in [0.05, 0.1) is 5.54 Å². The van der Waals surface area contributed by atoms with Crippen molar-refractivity contribution >= 4 is 6.09 Å². The van der Waals surface area contributed by atoms with Gasteiger partial charge in [0.1, 0.15) is 5.60 Å². The lowest BCUT2D eigenvalue weighted by molar-refractivity contribution is 0.00172. The summed E-state index contributed by atoms with van der Waals surface area (Å²) in [6.07, 6.45) is 3.92. The molecule has 1 aliphatic carbocycles. The van der Waals surface area contributed by atoms with Crippen LogP contribution in [0.2, 0.25) is 0 Å². The Morgan fingerprint density at radius 2 is 2.18 bits per heavy atom. The standard InChI is InChI=1S/C13H23NO3/c1-12(2,3)17-11(16)14-7-5-4-6-13(14)8-10(13)9-15/h10,15H,4-9H2,1-3H3. The molecule has 2 atom stereocenters. The van der Waals surface area contributed by atoms with Crippen LogP contribution in [0.3, 0.4) is 0 Å². The maximum absolute atomic E-state index is 12.2. The molecule has 2 unspecified atom stereocenters. The van der Waals surface area contributed by atoms with Crippen molar-refractivity contribution in [2.24, 2.45) is 5.92 Å². The molecule has 2 rings (SSSR count). The molecule has 0 aromatic rings. The molecule has 0 aromatic carbocycles. The second kappa shape index (κ2) is 4.16. The normalized spacial score (nSPS) is 32.7. The van der Waals surface area contributed by atoms with E-state index in [1.54, 1.807) is 0 Å². The van der Waals surface area contributed by atoms with E-state index in [9.17, 15) is 9.90 Å². The van der Waals surface area contributed by atoms with E-state index in [2.05, 4.69) is 0 Å². The average Bonchev–Trinajstić information content (AvgIpc) is 2.90. The fraction of sp³-hybridized carbons (Fsp3) is 0.923. The van der Waals surface area contributed by atoms with Crippen LogP contribution in [-0.2, 0) is 4.74 Å². The summed E-state index contributed by atoms with van der Waals surface area (Å²) in [4.78, 5) is 14.0. The van der Waals surface area contributed by atoms with E-state index in [-0.39, 0.29) is 24.2 Å². The van der Waals surface area contributed by atoms with E-state index >= 15 is 0 Å². The summed E-state index contributed by atoms with van der Waals surface area (Å²) >= 11 is 0. The molecule has 2 fully saturated rings. The smallest absolute Gasteiger partial charge is 0.410 e. The van der Waals surface area contributed by atoms with Crippen LogP contribution < -0.4 is 0 Å². The van der Waals surface area contributed by atoms with Crippen LogP contribution in [0.4, 0.5) is 4.79 Å². The molecular weight excluding hydrogens is 218 g/mol.